The Labute approximate surface area is 89.2 Å². The van der Waals surface area contributed by atoms with E-state index < -0.39 is 18.6 Å². The normalized spacial score (nSPS) is 11.6. The van der Waals surface area contributed by atoms with Crippen molar-refractivity contribution in [2.24, 2.45) is 7.05 Å². The average Bonchev–Trinajstić information content (AvgIpc) is 2.45. The Morgan fingerprint density at radius 3 is 2.62 bits per heavy atom. The smallest absolute Gasteiger partial charge is 0.396 e. The van der Waals surface area contributed by atoms with Crippen LogP contribution in [0, 0.1) is 0 Å². The third-order valence-corrected chi connectivity index (χ3v) is 1.67. The average molecular weight is 237 g/mol. The first-order chi connectivity index (χ1) is 7.33. The zero-order valence-electron chi connectivity index (χ0n) is 8.71. The van der Waals surface area contributed by atoms with E-state index in [-0.39, 0.29) is 18.3 Å². The van der Waals surface area contributed by atoms with E-state index in [2.05, 4.69) is 14.8 Å². The maximum absolute atomic E-state index is 12.1. The molecule has 0 spiro atoms. The molecule has 1 aromatic rings. The van der Waals surface area contributed by atoms with Crippen LogP contribution in [-0.2, 0) is 18.2 Å². The Morgan fingerprint density at radius 2 is 2.12 bits per heavy atom. The van der Waals surface area contributed by atoms with Crippen molar-refractivity contribution >= 4 is 5.97 Å². The molecular formula is C8H10F3N3O2. The molecule has 0 radical (unpaired) electrons. The van der Waals surface area contributed by atoms with Gasteiger partial charge < -0.3 is 4.74 Å². The van der Waals surface area contributed by atoms with E-state index in [1.807, 2.05) is 0 Å². The summed E-state index contributed by atoms with van der Waals surface area (Å²) in [5.41, 5.74) is 0. The van der Waals surface area contributed by atoms with E-state index in [0.29, 0.717) is 0 Å². The molecule has 8 heteroatoms. The molecule has 0 fully saturated rings. The van der Waals surface area contributed by atoms with Crippen LogP contribution in [0.4, 0.5) is 13.2 Å². The van der Waals surface area contributed by atoms with Crippen molar-refractivity contribution in [3.63, 3.8) is 0 Å². The molecule has 0 saturated carbocycles. The lowest BCUT2D eigenvalue weighted by Gasteiger charge is -2.03. The molecule has 0 aromatic carbocycles. The minimum absolute atomic E-state index is 0.117. The Kier molecular flexibility index (Phi) is 3.51. The monoisotopic (exact) mass is 237 g/mol. The minimum Gasteiger partial charge on any atom is -0.460 e. The molecule has 1 aromatic heterocycles. The summed E-state index contributed by atoms with van der Waals surface area (Å²) in [7, 11) is 1.29. The standard InChI is InChI=1S/C8H10F3N3O2/c1-3-16-7(15)6-12-5(14(2)13-6)4-8(9,10)11/h3-4H2,1-2H3. The maximum Gasteiger partial charge on any atom is 0.396 e. The number of halogens is 3. The number of aryl methyl sites for hydroxylation is 1. The summed E-state index contributed by atoms with van der Waals surface area (Å²) in [5, 5.41) is 3.54. The highest BCUT2D eigenvalue weighted by molar-refractivity contribution is 5.84. The van der Waals surface area contributed by atoms with Crippen LogP contribution in [0.15, 0.2) is 0 Å². The van der Waals surface area contributed by atoms with Gasteiger partial charge >= 0.3 is 12.1 Å². The number of hydrogen-bond acceptors (Lipinski definition) is 4. The lowest BCUT2D eigenvalue weighted by Crippen LogP contribution is -2.15. The van der Waals surface area contributed by atoms with E-state index in [0.717, 1.165) is 4.68 Å². The molecule has 5 nitrogen and oxygen atoms in total. The Hall–Kier alpha value is -1.60. The van der Waals surface area contributed by atoms with Gasteiger partial charge in [0, 0.05) is 7.05 Å². The van der Waals surface area contributed by atoms with Gasteiger partial charge in [0.05, 0.1) is 6.61 Å². The van der Waals surface area contributed by atoms with Crippen LogP contribution in [0.3, 0.4) is 0 Å². The van der Waals surface area contributed by atoms with Gasteiger partial charge in [-0.15, -0.1) is 5.10 Å². The molecule has 0 aliphatic rings. The molecule has 0 saturated heterocycles. The number of aromatic nitrogens is 3. The van der Waals surface area contributed by atoms with Crippen molar-refractivity contribution in [1.29, 1.82) is 0 Å². The fourth-order valence-electron chi connectivity index (χ4n) is 1.03. The molecule has 0 unspecified atom stereocenters. The third kappa shape index (κ3) is 3.21. The van der Waals surface area contributed by atoms with Gasteiger partial charge in [0.1, 0.15) is 12.2 Å². The summed E-state index contributed by atoms with van der Waals surface area (Å²) in [6, 6.07) is 0. The van der Waals surface area contributed by atoms with Crippen molar-refractivity contribution in [1.82, 2.24) is 14.8 Å². The Morgan fingerprint density at radius 1 is 1.50 bits per heavy atom. The quantitative estimate of drug-likeness (QED) is 0.738. The predicted octanol–water partition coefficient (Wildman–Crippen LogP) is 1.10. The number of nitrogens with zero attached hydrogens (tertiary/aromatic N) is 3. The zero-order chi connectivity index (χ0) is 12.3. The first-order valence-electron chi connectivity index (χ1n) is 4.47. The lowest BCUT2D eigenvalue weighted by molar-refractivity contribution is -0.129. The van der Waals surface area contributed by atoms with E-state index in [4.69, 9.17) is 0 Å². The van der Waals surface area contributed by atoms with Gasteiger partial charge in [0.15, 0.2) is 0 Å². The number of carbonyl (C=O) groups excluding carboxylic acids is 1. The van der Waals surface area contributed by atoms with Crippen LogP contribution in [0.2, 0.25) is 0 Å². The molecule has 1 heterocycles. The SMILES string of the molecule is CCOC(=O)c1nc(CC(F)(F)F)n(C)n1. The van der Waals surface area contributed by atoms with Gasteiger partial charge in [-0.25, -0.2) is 9.78 Å². The second-order valence-electron chi connectivity index (χ2n) is 2.99. The molecule has 1 rings (SSSR count). The van der Waals surface area contributed by atoms with E-state index in [9.17, 15) is 18.0 Å². The predicted molar refractivity (Wildman–Crippen MR) is 46.7 cm³/mol. The summed E-state index contributed by atoms with van der Waals surface area (Å²) < 4.78 is 41.7. The van der Waals surface area contributed by atoms with Crippen LogP contribution < -0.4 is 0 Å². The van der Waals surface area contributed by atoms with Crippen molar-refractivity contribution in [3.05, 3.63) is 11.6 Å². The number of carbonyl (C=O) groups is 1. The number of alkyl halides is 3. The van der Waals surface area contributed by atoms with Crippen LogP contribution in [0.1, 0.15) is 23.4 Å². The fourth-order valence-corrected chi connectivity index (χ4v) is 1.03. The van der Waals surface area contributed by atoms with E-state index in [1.54, 1.807) is 6.92 Å². The van der Waals surface area contributed by atoms with Crippen LogP contribution in [0.5, 0.6) is 0 Å². The minimum atomic E-state index is -4.38. The van der Waals surface area contributed by atoms with Crippen LogP contribution in [-0.4, -0.2) is 33.5 Å². The summed E-state index contributed by atoms with van der Waals surface area (Å²) in [6.07, 6.45) is -5.61. The van der Waals surface area contributed by atoms with E-state index in [1.165, 1.54) is 7.05 Å². The van der Waals surface area contributed by atoms with Gasteiger partial charge in [0.25, 0.3) is 5.82 Å². The van der Waals surface area contributed by atoms with Gasteiger partial charge in [0.2, 0.25) is 0 Å². The van der Waals surface area contributed by atoms with Gasteiger partial charge in [-0.3, -0.25) is 4.68 Å². The highest BCUT2D eigenvalue weighted by Gasteiger charge is 2.31. The first kappa shape index (κ1) is 12.5. The van der Waals surface area contributed by atoms with Crippen molar-refractivity contribution < 1.29 is 22.7 Å². The zero-order valence-corrected chi connectivity index (χ0v) is 8.71. The number of ether oxygens (including phenoxy) is 1. The van der Waals surface area contributed by atoms with Crippen molar-refractivity contribution in [2.45, 2.75) is 19.5 Å². The van der Waals surface area contributed by atoms with Gasteiger partial charge in [-0.1, -0.05) is 0 Å². The van der Waals surface area contributed by atoms with Crippen molar-refractivity contribution in [3.8, 4) is 0 Å². The van der Waals surface area contributed by atoms with Crippen molar-refractivity contribution in [2.75, 3.05) is 6.61 Å². The first-order valence-corrected chi connectivity index (χ1v) is 4.47. The molecule has 16 heavy (non-hydrogen) atoms. The van der Waals surface area contributed by atoms with E-state index >= 15 is 0 Å². The highest BCUT2D eigenvalue weighted by atomic mass is 19.4. The molecule has 0 atom stereocenters. The van der Waals surface area contributed by atoms with Gasteiger partial charge in [-0.05, 0) is 6.92 Å². The molecular weight excluding hydrogens is 227 g/mol. The number of hydrogen-bond donors (Lipinski definition) is 0. The summed E-state index contributed by atoms with van der Waals surface area (Å²) in [4.78, 5) is 14.6. The maximum atomic E-state index is 12.1. The molecule has 0 amide bonds. The Bertz CT molecular complexity index is 386. The molecule has 0 aliphatic heterocycles. The summed E-state index contributed by atoms with van der Waals surface area (Å²) >= 11 is 0. The summed E-state index contributed by atoms with van der Waals surface area (Å²) in [5.74, 6) is -1.51. The topological polar surface area (TPSA) is 57.0 Å². The third-order valence-electron chi connectivity index (χ3n) is 1.67. The lowest BCUT2D eigenvalue weighted by atomic mass is 10.4. The number of rotatable bonds is 3. The molecule has 0 bridgehead atoms. The van der Waals surface area contributed by atoms with Crippen LogP contribution >= 0.6 is 0 Å². The largest absolute Gasteiger partial charge is 0.460 e. The van der Waals surface area contributed by atoms with Crippen LogP contribution in [0.25, 0.3) is 0 Å². The fraction of sp³-hybridized carbons (Fsp3) is 0.625. The number of esters is 1. The molecule has 0 N–H and O–H groups in total. The second kappa shape index (κ2) is 4.50. The molecule has 0 aliphatic carbocycles. The van der Waals surface area contributed by atoms with Gasteiger partial charge in [-0.2, -0.15) is 13.2 Å². The molecule has 90 valence electrons. The summed E-state index contributed by atoms with van der Waals surface area (Å²) in [6.45, 7) is 1.70. The Balaban J connectivity index is 2.86. The second-order valence-corrected chi connectivity index (χ2v) is 2.99. The highest BCUT2D eigenvalue weighted by Crippen LogP contribution is 2.19.